The largest absolute Gasteiger partial charge is 0.383 e. The van der Waals surface area contributed by atoms with Crippen LogP contribution in [0, 0.1) is 5.82 Å². The van der Waals surface area contributed by atoms with Crippen molar-refractivity contribution in [2.24, 2.45) is 0 Å². The van der Waals surface area contributed by atoms with Gasteiger partial charge in [0.15, 0.2) is 0 Å². The van der Waals surface area contributed by atoms with E-state index in [1.165, 1.54) is 24.3 Å². The second-order valence-corrected chi connectivity index (χ2v) is 5.52. The summed E-state index contributed by atoms with van der Waals surface area (Å²) in [6, 6.07) is 14.3. The number of benzene rings is 2. The Hall–Kier alpha value is -3.67. The van der Waals surface area contributed by atoms with Crippen molar-refractivity contribution in [1.29, 1.82) is 0 Å². The second-order valence-electron chi connectivity index (χ2n) is 5.52. The molecular formula is C20H17FN4O. The zero-order chi connectivity index (χ0) is 18.5. The van der Waals surface area contributed by atoms with Crippen LogP contribution in [0.2, 0.25) is 0 Å². The number of amides is 2. The van der Waals surface area contributed by atoms with Gasteiger partial charge in [0, 0.05) is 23.1 Å². The zero-order valence-electron chi connectivity index (χ0n) is 13.9. The molecule has 1 aromatic heterocycles. The number of carbonyl (C=O) groups excluding carboxylic acids is 1. The highest BCUT2D eigenvalue weighted by Crippen LogP contribution is 2.28. The number of pyridine rings is 1. The van der Waals surface area contributed by atoms with Gasteiger partial charge < -0.3 is 16.4 Å². The molecule has 0 fully saturated rings. The molecule has 2 aromatic carbocycles. The van der Waals surface area contributed by atoms with Crippen molar-refractivity contribution in [3.63, 3.8) is 0 Å². The number of hydrogen-bond donors (Lipinski definition) is 3. The Morgan fingerprint density at radius 3 is 2.15 bits per heavy atom. The summed E-state index contributed by atoms with van der Waals surface area (Å²) in [6.07, 6.45) is 3.31. The molecule has 0 aliphatic heterocycles. The molecule has 0 spiro atoms. The topological polar surface area (TPSA) is 80.0 Å². The van der Waals surface area contributed by atoms with E-state index in [4.69, 9.17) is 5.73 Å². The molecule has 5 nitrogen and oxygen atoms in total. The molecule has 2 amide bonds. The first-order valence-electron chi connectivity index (χ1n) is 7.88. The molecule has 0 unspecified atom stereocenters. The Kier molecular flexibility index (Phi) is 4.94. The van der Waals surface area contributed by atoms with E-state index in [-0.39, 0.29) is 5.82 Å². The first kappa shape index (κ1) is 17.2. The third-order valence-corrected chi connectivity index (χ3v) is 3.78. The summed E-state index contributed by atoms with van der Waals surface area (Å²) in [6.45, 7) is 3.77. The number of anilines is 3. The molecule has 26 heavy (non-hydrogen) atoms. The Morgan fingerprint density at radius 1 is 1.00 bits per heavy atom. The SMILES string of the molecule is C=Cc1c(-c2ccc(NC(=O)Nc3ccc(F)cc3)cc2)ccnc1N. The van der Waals surface area contributed by atoms with Crippen molar-refractivity contribution < 1.29 is 9.18 Å². The van der Waals surface area contributed by atoms with E-state index in [2.05, 4.69) is 22.2 Å². The van der Waals surface area contributed by atoms with E-state index in [1.54, 1.807) is 24.4 Å². The fourth-order valence-electron chi connectivity index (χ4n) is 2.52. The number of urea groups is 1. The molecule has 0 aliphatic rings. The number of halogens is 1. The van der Waals surface area contributed by atoms with Crippen molar-refractivity contribution in [3.05, 3.63) is 78.8 Å². The van der Waals surface area contributed by atoms with Gasteiger partial charge in [-0.15, -0.1) is 0 Å². The summed E-state index contributed by atoms with van der Waals surface area (Å²) in [5.74, 6) is 0.0561. The van der Waals surface area contributed by atoms with E-state index >= 15 is 0 Å². The fraction of sp³-hybridized carbons (Fsp3) is 0. The van der Waals surface area contributed by atoms with Gasteiger partial charge in [-0.05, 0) is 53.6 Å². The maximum Gasteiger partial charge on any atom is 0.323 e. The Bertz CT molecular complexity index is 937. The molecule has 3 aromatic rings. The summed E-state index contributed by atoms with van der Waals surface area (Å²) >= 11 is 0. The van der Waals surface area contributed by atoms with Crippen LogP contribution < -0.4 is 16.4 Å². The van der Waals surface area contributed by atoms with Gasteiger partial charge >= 0.3 is 6.03 Å². The van der Waals surface area contributed by atoms with Gasteiger partial charge in [-0.25, -0.2) is 14.2 Å². The fourth-order valence-corrected chi connectivity index (χ4v) is 2.52. The molecule has 0 aliphatic carbocycles. The maximum atomic E-state index is 12.9. The van der Waals surface area contributed by atoms with E-state index < -0.39 is 6.03 Å². The predicted molar refractivity (Wildman–Crippen MR) is 103 cm³/mol. The summed E-state index contributed by atoms with van der Waals surface area (Å²) < 4.78 is 12.9. The van der Waals surface area contributed by atoms with Gasteiger partial charge in [0.25, 0.3) is 0 Å². The van der Waals surface area contributed by atoms with Crippen LogP contribution in [-0.2, 0) is 0 Å². The van der Waals surface area contributed by atoms with Gasteiger partial charge in [0.1, 0.15) is 11.6 Å². The van der Waals surface area contributed by atoms with Gasteiger partial charge in [-0.1, -0.05) is 24.8 Å². The first-order chi connectivity index (χ1) is 12.6. The molecule has 0 bridgehead atoms. The van der Waals surface area contributed by atoms with E-state index in [0.717, 1.165) is 16.7 Å². The summed E-state index contributed by atoms with van der Waals surface area (Å²) in [4.78, 5) is 16.1. The molecule has 0 saturated carbocycles. The lowest BCUT2D eigenvalue weighted by molar-refractivity contribution is 0.262. The molecular weight excluding hydrogens is 331 g/mol. The smallest absolute Gasteiger partial charge is 0.323 e. The van der Waals surface area contributed by atoms with Crippen molar-refractivity contribution in [2.45, 2.75) is 0 Å². The van der Waals surface area contributed by atoms with Crippen molar-refractivity contribution in [3.8, 4) is 11.1 Å². The predicted octanol–water partition coefficient (Wildman–Crippen LogP) is 4.76. The van der Waals surface area contributed by atoms with E-state index in [1.807, 2.05) is 18.2 Å². The molecule has 3 rings (SSSR count). The number of nitrogens with two attached hydrogens (primary N) is 1. The number of rotatable bonds is 4. The van der Waals surface area contributed by atoms with Crippen LogP contribution in [0.25, 0.3) is 17.2 Å². The van der Waals surface area contributed by atoms with Crippen LogP contribution >= 0.6 is 0 Å². The monoisotopic (exact) mass is 348 g/mol. The average molecular weight is 348 g/mol. The Balaban J connectivity index is 1.72. The highest BCUT2D eigenvalue weighted by Gasteiger charge is 2.08. The van der Waals surface area contributed by atoms with Crippen LogP contribution in [0.4, 0.5) is 26.4 Å². The van der Waals surface area contributed by atoms with Gasteiger partial charge in [-0.3, -0.25) is 0 Å². The van der Waals surface area contributed by atoms with Crippen molar-refractivity contribution in [1.82, 2.24) is 4.98 Å². The summed E-state index contributed by atoms with van der Waals surface area (Å²) in [5, 5.41) is 5.36. The molecule has 0 radical (unpaired) electrons. The van der Waals surface area contributed by atoms with Crippen molar-refractivity contribution in [2.75, 3.05) is 16.4 Å². The molecule has 130 valence electrons. The van der Waals surface area contributed by atoms with Crippen molar-refractivity contribution >= 4 is 29.3 Å². The van der Waals surface area contributed by atoms with Crippen LogP contribution in [-0.4, -0.2) is 11.0 Å². The number of nitrogens with one attached hydrogen (secondary N) is 2. The quantitative estimate of drug-likeness (QED) is 0.636. The average Bonchev–Trinajstić information content (AvgIpc) is 2.64. The minimum Gasteiger partial charge on any atom is -0.383 e. The van der Waals surface area contributed by atoms with E-state index in [0.29, 0.717) is 17.2 Å². The number of hydrogen-bond acceptors (Lipinski definition) is 3. The van der Waals surface area contributed by atoms with Gasteiger partial charge in [0.05, 0.1) is 0 Å². The maximum absolute atomic E-state index is 12.9. The van der Waals surface area contributed by atoms with Crippen LogP contribution in [0.3, 0.4) is 0 Å². The van der Waals surface area contributed by atoms with Gasteiger partial charge in [0.2, 0.25) is 0 Å². The number of carbonyl (C=O) groups is 1. The standard InChI is InChI=1S/C20H17FN4O/c1-2-17-18(11-12-23-19(17)22)13-3-7-15(8-4-13)24-20(26)25-16-9-5-14(21)6-10-16/h2-12H,1H2,(H2,22,23)(H2,24,25,26). The Morgan fingerprint density at radius 2 is 1.58 bits per heavy atom. The third-order valence-electron chi connectivity index (χ3n) is 3.78. The first-order valence-corrected chi connectivity index (χ1v) is 7.88. The lowest BCUT2D eigenvalue weighted by atomic mass is 10.0. The summed E-state index contributed by atoms with van der Waals surface area (Å²) in [5.41, 5.74) is 9.61. The number of nitrogens with zero attached hydrogens (tertiary/aromatic N) is 1. The van der Waals surface area contributed by atoms with Crippen LogP contribution in [0.1, 0.15) is 5.56 Å². The Labute approximate surface area is 150 Å². The molecule has 6 heteroatoms. The minimum absolute atomic E-state index is 0.359. The second kappa shape index (κ2) is 7.48. The lowest BCUT2D eigenvalue weighted by Crippen LogP contribution is -2.19. The highest BCUT2D eigenvalue weighted by atomic mass is 19.1. The van der Waals surface area contributed by atoms with Crippen LogP contribution in [0.15, 0.2) is 67.4 Å². The van der Waals surface area contributed by atoms with E-state index in [9.17, 15) is 9.18 Å². The number of nitrogen functional groups attached to an aromatic ring is 1. The van der Waals surface area contributed by atoms with Crippen LogP contribution in [0.5, 0.6) is 0 Å². The molecule has 0 saturated heterocycles. The summed E-state index contributed by atoms with van der Waals surface area (Å²) in [7, 11) is 0. The third kappa shape index (κ3) is 3.87. The number of aromatic nitrogens is 1. The molecule has 1 heterocycles. The van der Waals surface area contributed by atoms with Gasteiger partial charge in [-0.2, -0.15) is 0 Å². The normalized spacial score (nSPS) is 10.2. The molecule has 0 atom stereocenters. The lowest BCUT2D eigenvalue weighted by Gasteiger charge is -2.10. The minimum atomic E-state index is -0.413. The molecule has 4 N–H and O–H groups in total. The highest BCUT2D eigenvalue weighted by molar-refractivity contribution is 5.99. The zero-order valence-corrected chi connectivity index (χ0v) is 13.9.